The number of methoxy groups -OCH3 is 1. The van der Waals surface area contributed by atoms with Crippen molar-refractivity contribution in [3.05, 3.63) is 11.8 Å². The van der Waals surface area contributed by atoms with Crippen molar-refractivity contribution in [2.45, 2.75) is 61.6 Å². The van der Waals surface area contributed by atoms with Crippen molar-refractivity contribution in [3.63, 3.8) is 0 Å². The Morgan fingerprint density at radius 2 is 1.75 bits per heavy atom. The summed E-state index contributed by atoms with van der Waals surface area (Å²) in [7, 11) is 4.74. The second-order valence-corrected chi connectivity index (χ2v) is 6.40. The van der Waals surface area contributed by atoms with Crippen molar-refractivity contribution in [1.82, 2.24) is 10.6 Å². The second kappa shape index (κ2) is 6.50. The summed E-state index contributed by atoms with van der Waals surface area (Å²) in [5.41, 5.74) is 0. The number of aliphatic hydroxyl groups is 3. The van der Waals surface area contributed by atoms with Crippen molar-refractivity contribution in [3.8, 4) is 0 Å². The van der Waals surface area contributed by atoms with Crippen LogP contribution in [0.5, 0.6) is 0 Å². The molecule has 2 aliphatic heterocycles. The van der Waals surface area contributed by atoms with Gasteiger partial charge in [0, 0.05) is 0 Å². The Morgan fingerprint density at radius 1 is 1.08 bits per heavy atom. The molecule has 24 heavy (non-hydrogen) atoms. The average molecular weight is 346 g/mol. The van der Waals surface area contributed by atoms with E-state index in [-0.39, 0.29) is 11.9 Å². The Balaban J connectivity index is 1.96. The van der Waals surface area contributed by atoms with Gasteiger partial charge in [-0.05, 0) is 27.1 Å². The second-order valence-electron chi connectivity index (χ2n) is 6.40. The van der Waals surface area contributed by atoms with Crippen LogP contribution in [0.3, 0.4) is 0 Å². The Bertz CT molecular complexity index is 504. The summed E-state index contributed by atoms with van der Waals surface area (Å²) in [4.78, 5) is 0. The minimum absolute atomic E-state index is 0.180. The third kappa shape index (κ3) is 2.56. The number of hydrogen-bond donors (Lipinski definition) is 5. The van der Waals surface area contributed by atoms with Crippen LogP contribution in [0, 0.1) is 0 Å². The van der Waals surface area contributed by atoms with E-state index in [0.717, 1.165) is 0 Å². The Morgan fingerprint density at radius 3 is 2.33 bits per heavy atom. The summed E-state index contributed by atoms with van der Waals surface area (Å²) in [6.07, 6.45) is -3.48. The molecule has 5 N–H and O–H groups in total. The number of rotatable bonds is 3. The molecule has 2 fully saturated rings. The molecule has 1 saturated heterocycles. The van der Waals surface area contributed by atoms with Gasteiger partial charge >= 0.3 is 0 Å². The largest absolute Gasteiger partial charge is 0.495 e. The molecule has 0 amide bonds. The SMILES string of the molecule is CN[C@@H]1[C@@H](O)[C@@H](NC)[C@H]2O[C@@]3(O)C(OC)=C[C@@H](C)O[C@H]3O[C@H]2[C@H]1O. The predicted molar refractivity (Wildman–Crippen MR) is 81.8 cm³/mol. The van der Waals surface area contributed by atoms with Crippen LogP contribution in [0.15, 0.2) is 11.8 Å². The van der Waals surface area contributed by atoms with Gasteiger partial charge < -0.3 is 44.9 Å². The van der Waals surface area contributed by atoms with E-state index < -0.39 is 48.6 Å². The summed E-state index contributed by atoms with van der Waals surface area (Å²) in [5, 5.41) is 37.9. The molecule has 9 nitrogen and oxygen atoms in total. The molecule has 9 atom stereocenters. The fourth-order valence-corrected chi connectivity index (χ4v) is 3.78. The van der Waals surface area contributed by atoms with Gasteiger partial charge in [-0.1, -0.05) is 0 Å². The Hall–Kier alpha value is -0.780. The standard InChI is InChI=1S/C15H26N2O7/c1-6-5-7(21-4)15(20)14(22-6)23-13-11(19)8(16-2)10(18)9(17-3)12(13)24-15/h5-6,8-14,16-20H,1-4H3/t6-,8-,9-,10-,11+,12-,13+,14+,15+/m1/s1. The number of nitrogens with one attached hydrogen (secondary N) is 2. The van der Waals surface area contributed by atoms with Crippen molar-refractivity contribution in [2.24, 2.45) is 0 Å². The zero-order valence-corrected chi connectivity index (χ0v) is 14.2. The first-order chi connectivity index (χ1) is 11.4. The molecule has 1 aliphatic carbocycles. The van der Waals surface area contributed by atoms with Gasteiger partial charge in [0.05, 0.1) is 31.4 Å². The highest BCUT2D eigenvalue weighted by atomic mass is 16.8. The van der Waals surface area contributed by atoms with Gasteiger partial charge in [0.25, 0.3) is 5.79 Å². The first-order valence-corrected chi connectivity index (χ1v) is 8.05. The van der Waals surface area contributed by atoms with Crippen LogP contribution in [0.25, 0.3) is 0 Å². The lowest BCUT2D eigenvalue weighted by Gasteiger charge is -2.55. The molecule has 0 aromatic carbocycles. The monoisotopic (exact) mass is 346 g/mol. The number of likely N-dealkylation sites (N-methyl/N-ethyl adjacent to an activating group) is 2. The fourth-order valence-electron chi connectivity index (χ4n) is 3.78. The number of fused-ring (bicyclic) bond motifs is 2. The van der Waals surface area contributed by atoms with Crippen LogP contribution < -0.4 is 10.6 Å². The third-order valence-electron chi connectivity index (χ3n) is 5.00. The summed E-state index contributed by atoms with van der Waals surface area (Å²) in [6.45, 7) is 1.78. The van der Waals surface area contributed by atoms with E-state index in [4.69, 9.17) is 18.9 Å². The summed E-state index contributed by atoms with van der Waals surface area (Å²) < 4.78 is 22.6. The molecule has 0 radical (unpaired) electrons. The molecule has 2 heterocycles. The highest BCUT2D eigenvalue weighted by molar-refractivity contribution is 5.17. The Kier molecular flexibility index (Phi) is 4.89. The van der Waals surface area contributed by atoms with Crippen molar-refractivity contribution in [2.75, 3.05) is 21.2 Å². The lowest BCUT2D eigenvalue weighted by Crippen LogP contribution is -2.76. The number of ether oxygens (including phenoxy) is 4. The number of hydrogen-bond acceptors (Lipinski definition) is 9. The van der Waals surface area contributed by atoms with E-state index >= 15 is 0 Å². The molecule has 0 aromatic heterocycles. The van der Waals surface area contributed by atoms with Crippen LogP contribution >= 0.6 is 0 Å². The smallest absolute Gasteiger partial charge is 0.278 e. The lowest BCUT2D eigenvalue weighted by molar-refractivity contribution is -0.426. The van der Waals surface area contributed by atoms with E-state index in [1.807, 2.05) is 0 Å². The van der Waals surface area contributed by atoms with Crippen molar-refractivity contribution < 1.29 is 34.3 Å². The maximum Gasteiger partial charge on any atom is 0.278 e. The first-order valence-electron chi connectivity index (χ1n) is 8.05. The normalized spacial score (nSPS) is 51.4. The maximum absolute atomic E-state index is 10.9. The van der Waals surface area contributed by atoms with Crippen molar-refractivity contribution in [1.29, 1.82) is 0 Å². The molecule has 0 unspecified atom stereocenters. The van der Waals surface area contributed by atoms with Crippen LogP contribution in [-0.4, -0.2) is 91.2 Å². The summed E-state index contributed by atoms with van der Waals surface area (Å²) >= 11 is 0. The number of aliphatic hydroxyl groups excluding tert-OH is 2. The van der Waals surface area contributed by atoms with Gasteiger partial charge in [0.15, 0.2) is 5.76 Å². The lowest BCUT2D eigenvalue weighted by atomic mass is 9.80. The molecular weight excluding hydrogens is 320 g/mol. The third-order valence-corrected chi connectivity index (χ3v) is 5.00. The van der Waals surface area contributed by atoms with E-state index in [2.05, 4.69) is 10.6 Å². The van der Waals surface area contributed by atoms with Gasteiger partial charge in [0.2, 0.25) is 6.29 Å². The van der Waals surface area contributed by atoms with Gasteiger partial charge in [-0.15, -0.1) is 0 Å². The topological polar surface area (TPSA) is 122 Å². The molecular formula is C15H26N2O7. The van der Waals surface area contributed by atoms with Gasteiger partial charge in [-0.2, -0.15) is 0 Å². The zero-order valence-electron chi connectivity index (χ0n) is 14.2. The fraction of sp³-hybridized carbons (Fsp3) is 0.867. The highest BCUT2D eigenvalue weighted by Crippen LogP contribution is 2.42. The van der Waals surface area contributed by atoms with E-state index in [1.54, 1.807) is 27.1 Å². The molecule has 1 saturated carbocycles. The highest BCUT2D eigenvalue weighted by Gasteiger charge is 2.62. The average Bonchev–Trinajstić information content (AvgIpc) is 2.54. The van der Waals surface area contributed by atoms with Crippen LogP contribution in [-0.2, 0) is 18.9 Å². The van der Waals surface area contributed by atoms with Crippen molar-refractivity contribution >= 4 is 0 Å². The van der Waals surface area contributed by atoms with Gasteiger partial charge in [0.1, 0.15) is 18.3 Å². The Labute approximate surface area is 140 Å². The van der Waals surface area contributed by atoms with E-state index in [0.29, 0.717) is 0 Å². The van der Waals surface area contributed by atoms with Crippen LogP contribution in [0.1, 0.15) is 6.92 Å². The van der Waals surface area contributed by atoms with Crippen LogP contribution in [0.2, 0.25) is 0 Å². The summed E-state index contributed by atoms with van der Waals surface area (Å²) in [5.74, 6) is -1.76. The summed E-state index contributed by atoms with van der Waals surface area (Å²) in [6, 6.07) is -1.18. The molecule has 3 rings (SSSR count). The molecule has 0 spiro atoms. The van der Waals surface area contributed by atoms with Gasteiger partial charge in [-0.3, -0.25) is 0 Å². The van der Waals surface area contributed by atoms with E-state index in [1.165, 1.54) is 7.11 Å². The van der Waals surface area contributed by atoms with Crippen LogP contribution in [0.4, 0.5) is 0 Å². The first kappa shape index (κ1) is 18.0. The molecule has 138 valence electrons. The molecule has 0 aromatic rings. The molecule has 0 bridgehead atoms. The van der Waals surface area contributed by atoms with E-state index in [9.17, 15) is 15.3 Å². The quantitative estimate of drug-likeness (QED) is 0.382. The van der Waals surface area contributed by atoms with Gasteiger partial charge in [-0.25, -0.2) is 0 Å². The minimum Gasteiger partial charge on any atom is -0.495 e. The molecule has 9 heteroatoms. The minimum atomic E-state index is -1.94. The predicted octanol–water partition coefficient (Wildman–Crippen LogP) is -2.35. The zero-order chi connectivity index (χ0) is 17.6. The molecule has 3 aliphatic rings. The maximum atomic E-state index is 10.9.